The number of nitrogens with one attached hydrogen (secondary N) is 1. The molecule has 0 bridgehead atoms. The zero-order chi connectivity index (χ0) is 15.5. The monoisotopic (exact) mass is 311 g/mol. The van der Waals surface area contributed by atoms with Crippen LogP contribution < -0.4 is 5.32 Å². The fourth-order valence-electron chi connectivity index (χ4n) is 2.18. The Kier molecular flexibility index (Phi) is 4.82. The lowest BCUT2D eigenvalue weighted by molar-refractivity contribution is -0.121. The molecule has 6 nitrogen and oxygen atoms in total. The van der Waals surface area contributed by atoms with Gasteiger partial charge in [-0.1, -0.05) is 0 Å². The van der Waals surface area contributed by atoms with Crippen molar-refractivity contribution in [2.75, 3.05) is 18.4 Å². The van der Waals surface area contributed by atoms with Crippen LogP contribution in [-0.2, 0) is 9.53 Å². The van der Waals surface area contributed by atoms with Crippen LogP contribution in [0.2, 0.25) is 0 Å². The van der Waals surface area contributed by atoms with Gasteiger partial charge in [0, 0.05) is 24.7 Å². The predicted octanol–water partition coefficient (Wildman–Crippen LogP) is 2.73. The molecular weight excluding hydrogens is 290 g/mol. The van der Waals surface area contributed by atoms with Gasteiger partial charge in [-0.25, -0.2) is 9.78 Å². The number of carbonyl (C=O) groups is 2. The molecule has 0 aliphatic carbocycles. The number of piperidine rings is 1. The average molecular weight is 311 g/mol. The van der Waals surface area contributed by atoms with Crippen LogP contribution in [0.15, 0.2) is 11.6 Å². The Morgan fingerprint density at radius 1 is 1.48 bits per heavy atom. The molecule has 0 radical (unpaired) electrons. The third-order valence-electron chi connectivity index (χ3n) is 3.11. The lowest BCUT2D eigenvalue weighted by atomic mass is 9.97. The highest BCUT2D eigenvalue weighted by molar-refractivity contribution is 7.13. The summed E-state index contributed by atoms with van der Waals surface area (Å²) >= 11 is 1.38. The van der Waals surface area contributed by atoms with Gasteiger partial charge < -0.3 is 15.0 Å². The molecule has 1 aromatic rings. The highest BCUT2D eigenvalue weighted by Gasteiger charge is 2.31. The number of carbonyl (C=O) groups excluding carboxylic acids is 2. The molecular formula is C14H21N3O3S. The van der Waals surface area contributed by atoms with E-state index in [4.69, 9.17) is 4.74 Å². The molecule has 1 aliphatic rings. The van der Waals surface area contributed by atoms with Crippen LogP contribution in [0, 0.1) is 5.92 Å². The van der Waals surface area contributed by atoms with Gasteiger partial charge in [-0.2, -0.15) is 0 Å². The van der Waals surface area contributed by atoms with Gasteiger partial charge >= 0.3 is 6.09 Å². The summed E-state index contributed by atoms with van der Waals surface area (Å²) in [6, 6.07) is 0. The molecule has 1 N–H and O–H groups in total. The minimum atomic E-state index is -0.521. The van der Waals surface area contributed by atoms with Gasteiger partial charge in [-0.15, -0.1) is 11.3 Å². The Morgan fingerprint density at radius 3 is 2.86 bits per heavy atom. The van der Waals surface area contributed by atoms with Gasteiger partial charge in [0.1, 0.15) is 5.60 Å². The third-order valence-corrected chi connectivity index (χ3v) is 3.79. The van der Waals surface area contributed by atoms with Crippen LogP contribution in [-0.4, -0.2) is 40.6 Å². The topological polar surface area (TPSA) is 71.5 Å². The summed E-state index contributed by atoms with van der Waals surface area (Å²) < 4.78 is 5.36. The van der Waals surface area contributed by atoms with E-state index in [1.54, 1.807) is 11.1 Å². The number of nitrogens with zero attached hydrogens (tertiary/aromatic N) is 2. The summed E-state index contributed by atoms with van der Waals surface area (Å²) in [6.07, 6.45) is 2.87. The number of rotatable bonds is 2. The van der Waals surface area contributed by atoms with Crippen molar-refractivity contribution in [3.05, 3.63) is 11.6 Å². The fraction of sp³-hybridized carbons (Fsp3) is 0.643. The number of thiazole rings is 1. The van der Waals surface area contributed by atoms with Crippen molar-refractivity contribution in [1.82, 2.24) is 9.88 Å². The second-order valence-electron chi connectivity index (χ2n) is 6.09. The number of aromatic nitrogens is 1. The normalized spacial score (nSPS) is 19.2. The maximum Gasteiger partial charge on any atom is 0.410 e. The van der Waals surface area contributed by atoms with E-state index in [-0.39, 0.29) is 17.9 Å². The van der Waals surface area contributed by atoms with E-state index in [0.29, 0.717) is 18.2 Å². The Morgan fingerprint density at radius 2 is 2.24 bits per heavy atom. The number of likely N-dealkylation sites (tertiary alicyclic amines) is 1. The summed E-state index contributed by atoms with van der Waals surface area (Å²) in [6.45, 7) is 6.53. The molecule has 1 unspecified atom stereocenters. The highest BCUT2D eigenvalue weighted by atomic mass is 32.1. The highest BCUT2D eigenvalue weighted by Crippen LogP contribution is 2.21. The Hall–Kier alpha value is -1.63. The zero-order valence-electron chi connectivity index (χ0n) is 12.6. The Labute approximate surface area is 128 Å². The number of ether oxygens (including phenoxy) is 1. The first-order chi connectivity index (χ1) is 9.85. The van der Waals surface area contributed by atoms with Crippen LogP contribution in [0.5, 0.6) is 0 Å². The smallest absolute Gasteiger partial charge is 0.410 e. The van der Waals surface area contributed by atoms with E-state index in [9.17, 15) is 9.59 Å². The molecule has 1 saturated heterocycles. The van der Waals surface area contributed by atoms with Gasteiger partial charge in [0.25, 0.3) is 0 Å². The predicted molar refractivity (Wildman–Crippen MR) is 81.3 cm³/mol. The lowest BCUT2D eigenvalue weighted by Gasteiger charge is -2.33. The first-order valence-corrected chi connectivity index (χ1v) is 7.91. The summed E-state index contributed by atoms with van der Waals surface area (Å²) in [5, 5.41) is 5.19. The van der Waals surface area contributed by atoms with Gasteiger partial charge in [-0.3, -0.25) is 4.79 Å². The van der Waals surface area contributed by atoms with E-state index in [2.05, 4.69) is 10.3 Å². The minimum Gasteiger partial charge on any atom is -0.444 e. The largest absolute Gasteiger partial charge is 0.444 e. The van der Waals surface area contributed by atoms with Gasteiger partial charge in [0.2, 0.25) is 5.91 Å². The second-order valence-corrected chi connectivity index (χ2v) is 6.99. The number of hydrogen-bond acceptors (Lipinski definition) is 5. The van der Waals surface area contributed by atoms with Crippen LogP contribution in [0.25, 0.3) is 0 Å². The van der Waals surface area contributed by atoms with Crippen LogP contribution in [0.3, 0.4) is 0 Å². The fourth-order valence-corrected chi connectivity index (χ4v) is 2.71. The van der Waals surface area contributed by atoms with Crippen molar-refractivity contribution in [3.8, 4) is 0 Å². The van der Waals surface area contributed by atoms with Gasteiger partial charge in [0.15, 0.2) is 5.13 Å². The average Bonchev–Trinajstić information content (AvgIpc) is 2.90. The molecule has 1 atom stereocenters. The minimum absolute atomic E-state index is 0.0850. The molecule has 2 amide bonds. The maximum atomic E-state index is 12.2. The molecule has 0 aromatic carbocycles. The third kappa shape index (κ3) is 4.70. The standard InChI is InChI=1S/C14H21N3O3S/c1-14(2,3)20-13(19)17-7-4-5-10(9-17)11(18)16-12-15-6-8-21-12/h6,8,10H,4-5,7,9H2,1-3H3,(H,15,16,18). The lowest BCUT2D eigenvalue weighted by Crippen LogP contribution is -2.45. The van der Waals surface area contributed by atoms with Gasteiger partial charge in [0.05, 0.1) is 5.92 Å². The van der Waals surface area contributed by atoms with Crippen molar-refractivity contribution in [1.29, 1.82) is 0 Å². The molecule has 0 saturated carbocycles. The second kappa shape index (κ2) is 6.43. The summed E-state index contributed by atoms with van der Waals surface area (Å²) in [5.74, 6) is -0.298. The van der Waals surface area contributed by atoms with Gasteiger partial charge in [-0.05, 0) is 33.6 Å². The van der Waals surface area contributed by atoms with Crippen molar-refractivity contribution >= 4 is 28.5 Å². The SMILES string of the molecule is CC(C)(C)OC(=O)N1CCCC(C(=O)Nc2nccs2)C1. The van der Waals surface area contributed by atoms with Crippen molar-refractivity contribution in [3.63, 3.8) is 0 Å². The molecule has 21 heavy (non-hydrogen) atoms. The van der Waals surface area contributed by atoms with Crippen molar-refractivity contribution < 1.29 is 14.3 Å². The van der Waals surface area contributed by atoms with E-state index in [1.165, 1.54) is 11.3 Å². The van der Waals surface area contributed by atoms with Crippen LogP contribution >= 0.6 is 11.3 Å². The van der Waals surface area contributed by atoms with E-state index >= 15 is 0 Å². The van der Waals surface area contributed by atoms with E-state index in [1.807, 2.05) is 26.2 Å². The maximum absolute atomic E-state index is 12.2. The van der Waals surface area contributed by atoms with Crippen LogP contribution in [0.1, 0.15) is 33.6 Å². The quantitative estimate of drug-likeness (QED) is 0.911. The molecule has 116 valence electrons. The summed E-state index contributed by atoms with van der Waals surface area (Å²) in [7, 11) is 0. The van der Waals surface area contributed by atoms with Crippen molar-refractivity contribution in [2.45, 2.75) is 39.2 Å². The molecule has 0 spiro atoms. The number of amides is 2. The Bertz CT molecular complexity index is 496. The molecule has 1 aromatic heterocycles. The molecule has 7 heteroatoms. The van der Waals surface area contributed by atoms with E-state index < -0.39 is 5.60 Å². The number of anilines is 1. The van der Waals surface area contributed by atoms with E-state index in [0.717, 1.165) is 12.8 Å². The summed E-state index contributed by atoms with van der Waals surface area (Å²) in [4.78, 5) is 29.9. The number of hydrogen-bond donors (Lipinski definition) is 1. The zero-order valence-corrected chi connectivity index (χ0v) is 13.4. The Balaban J connectivity index is 1.91. The molecule has 2 heterocycles. The van der Waals surface area contributed by atoms with Crippen LogP contribution in [0.4, 0.5) is 9.93 Å². The molecule has 1 fully saturated rings. The first kappa shape index (κ1) is 15.8. The summed E-state index contributed by atoms with van der Waals surface area (Å²) in [5.41, 5.74) is -0.521. The molecule has 2 rings (SSSR count). The molecule has 1 aliphatic heterocycles. The van der Waals surface area contributed by atoms with Crippen molar-refractivity contribution in [2.24, 2.45) is 5.92 Å². The first-order valence-electron chi connectivity index (χ1n) is 7.03.